The number of hydrogen-bond acceptors (Lipinski definition) is 5. The van der Waals surface area contributed by atoms with Gasteiger partial charge in [-0.3, -0.25) is 14.9 Å². The Bertz CT molecular complexity index is 612. The Morgan fingerprint density at radius 1 is 1.47 bits per heavy atom. The van der Waals surface area contributed by atoms with Crippen LogP contribution in [0.1, 0.15) is 5.69 Å². The summed E-state index contributed by atoms with van der Waals surface area (Å²) in [5, 5.41) is 16.9. The Kier molecular flexibility index (Phi) is 3.91. The molecule has 1 N–H and O–H groups in total. The highest BCUT2D eigenvalue weighted by Crippen LogP contribution is 2.27. The van der Waals surface area contributed by atoms with Crippen LogP contribution in [-0.2, 0) is 11.2 Å². The van der Waals surface area contributed by atoms with Crippen LogP contribution in [-0.4, -0.2) is 16.0 Å². The third-order valence-corrected chi connectivity index (χ3v) is 2.93. The molecule has 2 rings (SSSR count). The Hall–Kier alpha value is -2.22. The standard InChI is InChI=1S/C11H8BrN3O4/c12-9-2-1-7(5-10(9)15(17)18)13-11(16)6-8-3-4-19-14-8/h1-5H,6H2,(H,13,16). The van der Waals surface area contributed by atoms with E-state index in [9.17, 15) is 14.9 Å². The van der Waals surface area contributed by atoms with Gasteiger partial charge in [0.1, 0.15) is 6.26 Å². The van der Waals surface area contributed by atoms with Crippen molar-refractivity contribution in [2.45, 2.75) is 6.42 Å². The van der Waals surface area contributed by atoms with E-state index in [2.05, 4.69) is 30.9 Å². The quantitative estimate of drug-likeness (QED) is 0.687. The zero-order valence-corrected chi connectivity index (χ0v) is 11.1. The van der Waals surface area contributed by atoms with Gasteiger partial charge < -0.3 is 9.84 Å². The van der Waals surface area contributed by atoms with Crippen molar-refractivity contribution >= 4 is 33.2 Å². The maximum absolute atomic E-state index is 11.7. The summed E-state index contributed by atoms with van der Waals surface area (Å²) >= 11 is 3.07. The maximum atomic E-state index is 11.7. The average Bonchev–Trinajstić information content (AvgIpc) is 2.84. The van der Waals surface area contributed by atoms with Crippen LogP contribution in [0.4, 0.5) is 11.4 Å². The van der Waals surface area contributed by atoms with Crippen molar-refractivity contribution < 1.29 is 14.2 Å². The molecule has 19 heavy (non-hydrogen) atoms. The summed E-state index contributed by atoms with van der Waals surface area (Å²) in [6.07, 6.45) is 1.41. The lowest BCUT2D eigenvalue weighted by atomic mass is 10.2. The number of nitro groups is 1. The summed E-state index contributed by atoms with van der Waals surface area (Å²) in [7, 11) is 0. The molecule has 2 aromatic rings. The lowest BCUT2D eigenvalue weighted by Crippen LogP contribution is -2.14. The topological polar surface area (TPSA) is 98.3 Å². The van der Waals surface area contributed by atoms with E-state index < -0.39 is 4.92 Å². The van der Waals surface area contributed by atoms with Crippen molar-refractivity contribution in [3.8, 4) is 0 Å². The summed E-state index contributed by atoms with van der Waals surface area (Å²) in [6.45, 7) is 0. The monoisotopic (exact) mass is 325 g/mol. The van der Waals surface area contributed by atoms with E-state index in [0.717, 1.165) is 0 Å². The molecule has 8 heteroatoms. The summed E-state index contributed by atoms with van der Waals surface area (Å²) in [5.41, 5.74) is 0.728. The predicted molar refractivity (Wildman–Crippen MR) is 69.6 cm³/mol. The highest BCUT2D eigenvalue weighted by atomic mass is 79.9. The van der Waals surface area contributed by atoms with E-state index in [4.69, 9.17) is 0 Å². The zero-order chi connectivity index (χ0) is 13.8. The zero-order valence-electron chi connectivity index (χ0n) is 9.50. The first-order chi connectivity index (χ1) is 9.06. The number of hydrogen-bond donors (Lipinski definition) is 1. The van der Waals surface area contributed by atoms with Crippen LogP contribution in [0.5, 0.6) is 0 Å². The molecule has 0 aliphatic carbocycles. The molecule has 0 saturated carbocycles. The Labute approximate surface area is 115 Å². The van der Waals surface area contributed by atoms with Gasteiger partial charge in [0, 0.05) is 17.8 Å². The molecule has 98 valence electrons. The Morgan fingerprint density at radius 3 is 2.89 bits per heavy atom. The van der Waals surface area contributed by atoms with Crippen molar-refractivity contribution in [1.29, 1.82) is 0 Å². The lowest BCUT2D eigenvalue weighted by molar-refractivity contribution is -0.385. The van der Waals surface area contributed by atoms with Gasteiger partial charge in [-0.15, -0.1) is 0 Å². The molecule has 0 atom stereocenters. The fourth-order valence-electron chi connectivity index (χ4n) is 1.43. The minimum absolute atomic E-state index is 0.0420. The van der Waals surface area contributed by atoms with Gasteiger partial charge in [-0.05, 0) is 28.1 Å². The fraction of sp³-hybridized carbons (Fsp3) is 0.0909. The molecule has 7 nitrogen and oxygen atoms in total. The van der Waals surface area contributed by atoms with E-state index in [0.29, 0.717) is 15.9 Å². The van der Waals surface area contributed by atoms with Gasteiger partial charge in [0.05, 0.1) is 21.5 Å². The molecule has 0 spiro atoms. The van der Waals surface area contributed by atoms with Crippen molar-refractivity contribution in [3.05, 3.63) is 50.8 Å². The van der Waals surface area contributed by atoms with Crippen LogP contribution in [0.25, 0.3) is 0 Å². The molecule has 1 aromatic carbocycles. The number of nitrogens with one attached hydrogen (secondary N) is 1. The molecular weight excluding hydrogens is 318 g/mol. The fourth-order valence-corrected chi connectivity index (χ4v) is 1.82. The number of nitro benzene ring substituents is 1. The molecule has 0 radical (unpaired) electrons. The van der Waals surface area contributed by atoms with Crippen LogP contribution in [0.2, 0.25) is 0 Å². The summed E-state index contributed by atoms with van der Waals surface area (Å²) < 4.78 is 4.96. The number of rotatable bonds is 4. The molecule has 0 aliphatic heterocycles. The van der Waals surface area contributed by atoms with Crippen LogP contribution in [0.3, 0.4) is 0 Å². The third-order valence-electron chi connectivity index (χ3n) is 2.26. The van der Waals surface area contributed by atoms with Crippen molar-refractivity contribution in [1.82, 2.24) is 5.16 Å². The summed E-state index contributed by atoms with van der Waals surface area (Å²) in [4.78, 5) is 21.9. The van der Waals surface area contributed by atoms with Gasteiger partial charge in [-0.25, -0.2) is 0 Å². The summed E-state index contributed by atoms with van der Waals surface area (Å²) in [6, 6.07) is 5.93. The first kappa shape index (κ1) is 13.2. The highest BCUT2D eigenvalue weighted by Gasteiger charge is 2.14. The predicted octanol–water partition coefficient (Wildman–Crippen LogP) is 2.53. The Balaban J connectivity index is 2.09. The number of amides is 1. The highest BCUT2D eigenvalue weighted by molar-refractivity contribution is 9.10. The SMILES string of the molecule is O=C(Cc1ccon1)Nc1ccc(Br)c([N+](=O)[O-])c1. The van der Waals surface area contributed by atoms with Crippen LogP contribution >= 0.6 is 15.9 Å². The van der Waals surface area contributed by atoms with E-state index in [1.807, 2.05) is 0 Å². The number of halogens is 1. The van der Waals surface area contributed by atoms with E-state index in [-0.39, 0.29) is 18.0 Å². The van der Waals surface area contributed by atoms with Gasteiger partial charge in [0.15, 0.2) is 0 Å². The number of benzene rings is 1. The van der Waals surface area contributed by atoms with Crippen molar-refractivity contribution in [3.63, 3.8) is 0 Å². The van der Waals surface area contributed by atoms with Crippen molar-refractivity contribution in [2.24, 2.45) is 0 Å². The van der Waals surface area contributed by atoms with Gasteiger partial charge in [0.2, 0.25) is 5.91 Å². The number of aromatic nitrogens is 1. The van der Waals surface area contributed by atoms with E-state index in [1.165, 1.54) is 18.4 Å². The molecule has 1 aromatic heterocycles. The second-order valence-electron chi connectivity index (χ2n) is 3.64. The minimum Gasteiger partial charge on any atom is -0.364 e. The molecule has 0 saturated heterocycles. The van der Waals surface area contributed by atoms with Crippen LogP contribution in [0, 0.1) is 10.1 Å². The largest absolute Gasteiger partial charge is 0.364 e. The number of nitrogens with zero attached hydrogens (tertiary/aromatic N) is 2. The third kappa shape index (κ3) is 3.38. The van der Waals surface area contributed by atoms with Crippen LogP contribution < -0.4 is 5.32 Å². The Morgan fingerprint density at radius 2 is 2.26 bits per heavy atom. The second kappa shape index (κ2) is 5.61. The van der Waals surface area contributed by atoms with Crippen LogP contribution in [0.15, 0.2) is 39.5 Å². The molecule has 0 unspecified atom stereocenters. The first-order valence-corrected chi connectivity index (χ1v) is 5.98. The maximum Gasteiger partial charge on any atom is 0.285 e. The van der Waals surface area contributed by atoms with Gasteiger partial charge in [-0.1, -0.05) is 5.16 Å². The number of carbonyl (C=O) groups excluding carboxylic acids is 1. The molecular formula is C11H8BrN3O4. The van der Waals surface area contributed by atoms with Gasteiger partial charge in [-0.2, -0.15) is 0 Å². The normalized spacial score (nSPS) is 10.2. The number of carbonyl (C=O) groups is 1. The molecule has 0 bridgehead atoms. The average molecular weight is 326 g/mol. The summed E-state index contributed by atoms with van der Waals surface area (Å²) in [5.74, 6) is -0.328. The molecule has 0 fully saturated rings. The smallest absolute Gasteiger partial charge is 0.285 e. The van der Waals surface area contributed by atoms with Crippen molar-refractivity contribution in [2.75, 3.05) is 5.32 Å². The molecule has 0 aliphatic rings. The first-order valence-electron chi connectivity index (χ1n) is 5.19. The second-order valence-corrected chi connectivity index (χ2v) is 4.49. The minimum atomic E-state index is -0.530. The lowest BCUT2D eigenvalue weighted by Gasteiger charge is -2.04. The molecule has 1 heterocycles. The molecule has 1 amide bonds. The van der Waals surface area contributed by atoms with E-state index in [1.54, 1.807) is 12.1 Å². The van der Waals surface area contributed by atoms with Gasteiger partial charge in [0.25, 0.3) is 5.69 Å². The van der Waals surface area contributed by atoms with Gasteiger partial charge >= 0.3 is 0 Å². The number of anilines is 1. The van der Waals surface area contributed by atoms with E-state index >= 15 is 0 Å².